The lowest BCUT2D eigenvalue weighted by Gasteiger charge is -2.40. The predicted molar refractivity (Wildman–Crippen MR) is 52.0 cm³/mol. The van der Waals surface area contributed by atoms with E-state index in [0.717, 1.165) is 0 Å². The molecule has 1 aliphatic heterocycles. The largest absolute Gasteiger partial charge is 0.479 e. The number of carbonyl (C=O) groups is 1. The molecule has 2 unspecified atom stereocenters. The molecule has 8 nitrogen and oxygen atoms in total. The van der Waals surface area contributed by atoms with Crippen LogP contribution in [0.1, 0.15) is 6.92 Å². The Morgan fingerprint density at radius 2 is 1.88 bits per heavy atom. The summed E-state index contributed by atoms with van der Waals surface area (Å²) in [5.74, 6) is -1.26. The summed E-state index contributed by atoms with van der Waals surface area (Å²) in [7, 11) is 0. The van der Waals surface area contributed by atoms with Crippen molar-refractivity contribution in [1.29, 1.82) is 0 Å². The van der Waals surface area contributed by atoms with E-state index in [4.69, 9.17) is 19.7 Å². The molecule has 8 heteroatoms. The van der Waals surface area contributed by atoms with Crippen molar-refractivity contribution in [3.63, 3.8) is 0 Å². The van der Waals surface area contributed by atoms with Crippen LogP contribution in [0.4, 0.5) is 0 Å². The maximum absolute atomic E-state index is 10.6. The molecule has 1 rings (SSSR count). The van der Waals surface area contributed by atoms with E-state index in [0.29, 0.717) is 0 Å². The van der Waals surface area contributed by atoms with Crippen molar-refractivity contribution in [2.45, 2.75) is 43.7 Å². The molecule has 6 atom stereocenters. The first-order chi connectivity index (χ1) is 7.88. The SMILES string of the molecule is C[C@@H](O[C@H]1OC(CO)[C@@H](O)[C@H](O)C1O)C(=O)O. The van der Waals surface area contributed by atoms with Crippen molar-refractivity contribution >= 4 is 5.97 Å². The van der Waals surface area contributed by atoms with Crippen LogP contribution in [0.5, 0.6) is 0 Å². The molecule has 0 bridgehead atoms. The smallest absolute Gasteiger partial charge is 0.332 e. The Morgan fingerprint density at radius 1 is 1.29 bits per heavy atom. The second-order valence-corrected chi connectivity index (χ2v) is 3.81. The normalized spacial score (nSPS) is 39.9. The molecule has 0 aromatic heterocycles. The number of aliphatic hydroxyl groups is 4. The second-order valence-electron chi connectivity index (χ2n) is 3.81. The van der Waals surface area contributed by atoms with Crippen LogP contribution in [0.15, 0.2) is 0 Å². The molecule has 0 aliphatic carbocycles. The van der Waals surface area contributed by atoms with Crippen molar-refractivity contribution < 1.29 is 39.8 Å². The summed E-state index contributed by atoms with van der Waals surface area (Å²) >= 11 is 0. The maximum Gasteiger partial charge on any atom is 0.332 e. The van der Waals surface area contributed by atoms with E-state index in [1.807, 2.05) is 0 Å². The zero-order valence-electron chi connectivity index (χ0n) is 9.13. The lowest BCUT2D eigenvalue weighted by atomic mass is 9.99. The van der Waals surface area contributed by atoms with Gasteiger partial charge in [0.2, 0.25) is 0 Å². The first-order valence-corrected chi connectivity index (χ1v) is 5.07. The highest BCUT2D eigenvalue weighted by molar-refractivity contribution is 5.71. The van der Waals surface area contributed by atoms with E-state index in [2.05, 4.69) is 0 Å². The van der Waals surface area contributed by atoms with E-state index in [1.54, 1.807) is 0 Å². The van der Waals surface area contributed by atoms with E-state index in [9.17, 15) is 20.1 Å². The minimum Gasteiger partial charge on any atom is -0.479 e. The molecule has 1 heterocycles. The topological polar surface area (TPSA) is 137 Å². The number of ether oxygens (including phenoxy) is 2. The highest BCUT2D eigenvalue weighted by atomic mass is 16.7. The zero-order valence-corrected chi connectivity index (χ0v) is 9.13. The van der Waals surface area contributed by atoms with Crippen molar-refractivity contribution in [3.8, 4) is 0 Å². The minimum absolute atomic E-state index is 0.591. The van der Waals surface area contributed by atoms with Crippen LogP contribution in [0, 0.1) is 0 Å². The summed E-state index contributed by atoms with van der Waals surface area (Å²) in [4.78, 5) is 10.6. The Hall–Kier alpha value is -0.770. The number of hydrogen-bond donors (Lipinski definition) is 5. The molecule has 1 aliphatic rings. The molecule has 0 spiro atoms. The Kier molecular flexibility index (Phi) is 4.80. The van der Waals surface area contributed by atoms with Gasteiger partial charge in [0, 0.05) is 0 Å². The molecular formula is C9H16O8. The molecule has 100 valence electrons. The number of aliphatic carboxylic acids is 1. The van der Waals surface area contributed by atoms with Crippen molar-refractivity contribution in [3.05, 3.63) is 0 Å². The second kappa shape index (κ2) is 5.71. The molecule has 17 heavy (non-hydrogen) atoms. The molecule has 0 radical (unpaired) electrons. The molecule has 5 N–H and O–H groups in total. The lowest BCUT2D eigenvalue weighted by molar-refractivity contribution is -0.308. The molecule has 0 saturated carbocycles. The van der Waals surface area contributed by atoms with Crippen LogP contribution in [-0.2, 0) is 14.3 Å². The standard InChI is InChI=1S/C9H16O8/c1-3(8(14)15)16-9-7(13)6(12)5(11)4(2-10)17-9/h3-7,9-13H,2H2,1H3,(H,14,15)/t3-,4?,5-,6+,7?,9+/m1/s1. The number of hydrogen-bond acceptors (Lipinski definition) is 7. The third-order valence-electron chi connectivity index (χ3n) is 2.53. The lowest BCUT2D eigenvalue weighted by Crippen LogP contribution is -2.59. The Morgan fingerprint density at radius 3 is 2.35 bits per heavy atom. The summed E-state index contributed by atoms with van der Waals surface area (Å²) < 4.78 is 9.82. The quantitative estimate of drug-likeness (QED) is 0.364. The van der Waals surface area contributed by atoms with Gasteiger partial charge in [-0.2, -0.15) is 0 Å². The molecule has 1 saturated heterocycles. The van der Waals surface area contributed by atoms with Crippen LogP contribution in [0.3, 0.4) is 0 Å². The van der Waals surface area contributed by atoms with E-state index in [1.165, 1.54) is 6.92 Å². The Bertz CT molecular complexity index is 268. The third kappa shape index (κ3) is 3.12. The number of aliphatic hydroxyl groups excluding tert-OH is 4. The zero-order chi connectivity index (χ0) is 13.2. The molecular weight excluding hydrogens is 236 g/mol. The van der Waals surface area contributed by atoms with Crippen LogP contribution < -0.4 is 0 Å². The van der Waals surface area contributed by atoms with Crippen LogP contribution in [0.2, 0.25) is 0 Å². The summed E-state index contributed by atoms with van der Waals surface area (Å²) in [6, 6.07) is 0. The van der Waals surface area contributed by atoms with Gasteiger partial charge < -0.3 is 35.0 Å². The summed E-state index contributed by atoms with van der Waals surface area (Å²) in [5, 5.41) is 45.9. The van der Waals surface area contributed by atoms with E-state index >= 15 is 0 Å². The maximum atomic E-state index is 10.6. The van der Waals surface area contributed by atoms with Gasteiger partial charge in [0.1, 0.15) is 24.4 Å². The third-order valence-corrected chi connectivity index (χ3v) is 2.53. The van der Waals surface area contributed by atoms with Crippen LogP contribution >= 0.6 is 0 Å². The monoisotopic (exact) mass is 252 g/mol. The van der Waals surface area contributed by atoms with Crippen LogP contribution in [0.25, 0.3) is 0 Å². The first-order valence-electron chi connectivity index (χ1n) is 5.07. The van der Waals surface area contributed by atoms with E-state index < -0.39 is 49.4 Å². The van der Waals surface area contributed by atoms with Crippen molar-refractivity contribution in [2.75, 3.05) is 6.61 Å². The van der Waals surface area contributed by atoms with Crippen LogP contribution in [-0.4, -0.2) is 74.9 Å². The van der Waals surface area contributed by atoms with Gasteiger partial charge in [-0.1, -0.05) is 0 Å². The summed E-state index contributed by atoms with van der Waals surface area (Å²) in [5.41, 5.74) is 0. The van der Waals surface area contributed by atoms with Crippen molar-refractivity contribution in [2.24, 2.45) is 0 Å². The van der Waals surface area contributed by atoms with Gasteiger partial charge in [0.15, 0.2) is 12.4 Å². The average Bonchev–Trinajstić information content (AvgIpc) is 2.29. The predicted octanol–water partition coefficient (Wildman–Crippen LogP) is -2.72. The fraction of sp³-hybridized carbons (Fsp3) is 0.889. The molecule has 1 fully saturated rings. The minimum atomic E-state index is -1.59. The highest BCUT2D eigenvalue weighted by Gasteiger charge is 2.44. The van der Waals surface area contributed by atoms with Gasteiger partial charge >= 0.3 is 5.97 Å². The fourth-order valence-electron chi connectivity index (χ4n) is 1.44. The van der Waals surface area contributed by atoms with Crippen molar-refractivity contribution in [1.82, 2.24) is 0 Å². The fourth-order valence-corrected chi connectivity index (χ4v) is 1.44. The Labute approximate surface area is 97.0 Å². The summed E-state index contributed by atoms with van der Waals surface area (Å²) in [6.07, 6.45) is -8.44. The average molecular weight is 252 g/mol. The first kappa shape index (κ1) is 14.3. The van der Waals surface area contributed by atoms with E-state index in [-0.39, 0.29) is 0 Å². The van der Waals surface area contributed by atoms with Gasteiger partial charge in [-0.15, -0.1) is 0 Å². The van der Waals surface area contributed by atoms with Gasteiger partial charge in [0.05, 0.1) is 6.61 Å². The molecule has 0 aromatic carbocycles. The number of carboxylic acid groups (broad SMARTS) is 1. The summed E-state index contributed by atoms with van der Waals surface area (Å²) in [6.45, 7) is 0.635. The Balaban J connectivity index is 2.68. The van der Waals surface area contributed by atoms with Gasteiger partial charge in [-0.3, -0.25) is 0 Å². The number of rotatable bonds is 4. The highest BCUT2D eigenvalue weighted by Crippen LogP contribution is 2.22. The molecule has 0 amide bonds. The van der Waals surface area contributed by atoms with Gasteiger partial charge in [-0.05, 0) is 6.92 Å². The molecule has 0 aromatic rings. The number of carboxylic acids is 1. The van der Waals surface area contributed by atoms with Gasteiger partial charge in [-0.25, -0.2) is 4.79 Å². The van der Waals surface area contributed by atoms with Gasteiger partial charge in [0.25, 0.3) is 0 Å².